The van der Waals surface area contributed by atoms with Crippen LogP contribution in [-0.2, 0) is 0 Å². The maximum atomic E-state index is 8.25. The molecule has 0 atom stereocenters. The van der Waals surface area contributed by atoms with Crippen molar-refractivity contribution >= 4 is 0 Å². The van der Waals surface area contributed by atoms with Crippen LogP contribution in [-0.4, -0.2) is 37.8 Å². The molecule has 0 aliphatic carbocycles. The molecule has 0 unspecified atom stereocenters. The molecule has 0 aliphatic rings. The van der Waals surface area contributed by atoms with Crippen LogP contribution in [0, 0.1) is 23.7 Å². The van der Waals surface area contributed by atoms with Crippen LogP contribution >= 0.6 is 0 Å². The number of hydrogen-bond donors (Lipinski definition) is 0. The molecule has 0 saturated carbocycles. The second kappa shape index (κ2) is 14.3. The van der Waals surface area contributed by atoms with Gasteiger partial charge in [0.25, 0.3) is 0 Å². The number of nitrogens with zero attached hydrogens (tertiary/aromatic N) is 1. The quantitative estimate of drug-likeness (QED) is 0.464. The molecule has 0 spiro atoms. The summed E-state index contributed by atoms with van der Waals surface area (Å²) in [6.07, 6.45) is 5.53. The highest BCUT2D eigenvalue weighted by atomic mass is 16.2. The third-order valence-electron chi connectivity index (χ3n) is 4.72. The van der Waals surface area contributed by atoms with Gasteiger partial charge in [0.05, 0.1) is 26.2 Å². The van der Waals surface area contributed by atoms with Gasteiger partial charge < -0.3 is 9.59 Å². The van der Waals surface area contributed by atoms with E-state index in [1.807, 2.05) is 0 Å². The summed E-state index contributed by atoms with van der Waals surface area (Å²) in [7, 11) is 0.750. The molecule has 0 aromatic rings. The first-order valence-electron chi connectivity index (χ1n) is 9.92. The highest BCUT2D eigenvalue weighted by molar-refractivity contribution is 4.56. The van der Waals surface area contributed by atoms with Crippen molar-refractivity contribution in [1.82, 2.24) is 0 Å². The summed E-state index contributed by atoms with van der Waals surface area (Å²) in [6.45, 7) is 24.6. The Labute approximate surface area is 148 Å². The lowest BCUT2D eigenvalue weighted by Gasteiger charge is -2.41. The summed E-state index contributed by atoms with van der Waals surface area (Å²) in [4.78, 5) is 0. The highest BCUT2D eigenvalue weighted by Gasteiger charge is 2.27. The second-order valence-corrected chi connectivity index (χ2v) is 8.97. The van der Waals surface area contributed by atoms with Crippen LogP contribution in [0.1, 0.15) is 81.1 Å². The molecular formula is C21H47NO. The monoisotopic (exact) mass is 329 g/mol. The Morgan fingerprint density at radius 2 is 0.652 bits per heavy atom. The lowest BCUT2D eigenvalue weighted by atomic mass is 10.0. The maximum absolute atomic E-state index is 8.25. The van der Waals surface area contributed by atoms with Gasteiger partial charge in [-0.05, 0) is 49.4 Å². The van der Waals surface area contributed by atoms with E-state index in [-0.39, 0.29) is 0 Å². The Kier molecular flexibility index (Phi) is 15.6. The van der Waals surface area contributed by atoms with Crippen LogP contribution in [0.4, 0.5) is 0 Å². The molecule has 0 aromatic carbocycles. The maximum Gasteiger partial charge on any atom is 0.0789 e. The van der Waals surface area contributed by atoms with Gasteiger partial charge in [-0.25, -0.2) is 0 Å². The first-order chi connectivity index (χ1) is 10.7. The van der Waals surface area contributed by atoms with Crippen molar-refractivity contribution in [3.05, 3.63) is 0 Å². The lowest BCUT2D eigenvalue weighted by molar-refractivity contribution is -0.930. The van der Waals surface area contributed by atoms with Crippen LogP contribution in [0.15, 0.2) is 0 Å². The zero-order valence-corrected chi connectivity index (χ0v) is 17.8. The molecule has 23 heavy (non-hydrogen) atoms. The predicted octanol–water partition coefficient (Wildman–Crippen LogP) is 4.96. The first kappa shape index (κ1) is 25.2. The molecule has 0 aromatic heterocycles. The fourth-order valence-electron chi connectivity index (χ4n) is 2.80. The summed E-state index contributed by atoms with van der Waals surface area (Å²) in [5.41, 5.74) is 0. The van der Waals surface area contributed by atoms with Gasteiger partial charge in [0.15, 0.2) is 0 Å². The van der Waals surface area contributed by atoms with E-state index in [9.17, 15) is 0 Å². The van der Waals surface area contributed by atoms with Crippen molar-refractivity contribution in [2.24, 2.45) is 23.7 Å². The third-order valence-corrected chi connectivity index (χ3v) is 4.72. The molecule has 0 radical (unpaired) electrons. The standard InChI is InChI=1S/C20H44N.CH3O/c1-17(2)9-13-21(14-10-18(3)4,15-11-19(5)6)16-12-20(7)8;1-2/h17-20H,9-16H2,1-8H3;1H3/q+1;-1. The fourth-order valence-corrected chi connectivity index (χ4v) is 2.80. The summed E-state index contributed by atoms with van der Waals surface area (Å²) in [5.74, 6) is 3.33. The van der Waals surface area contributed by atoms with Crippen molar-refractivity contribution in [2.45, 2.75) is 81.1 Å². The van der Waals surface area contributed by atoms with Gasteiger partial charge in [-0.15, -0.1) is 0 Å². The molecule has 0 bridgehead atoms. The van der Waals surface area contributed by atoms with Crippen LogP contribution < -0.4 is 5.11 Å². The molecule has 0 amide bonds. The summed E-state index contributed by atoms with van der Waals surface area (Å²) >= 11 is 0. The summed E-state index contributed by atoms with van der Waals surface area (Å²) < 4.78 is 1.38. The first-order valence-corrected chi connectivity index (χ1v) is 9.92. The predicted molar refractivity (Wildman–Crippen MR) is 103 cm³/mol. The third kappa shape index (κ3) is 15.2. The Morgan fingerprint density at radius 1 is 0.478 bits per heavy atom. The average molecular weight is 330 g/mol. The zero-order chi connectivity index (χ0) is 18.5. The van der Waals surface area contributed by atoms with Crippen LogP contribution in [0.3, 0.4) is 0 Å². The molecule has 2 nitrogen and oxygen atoms in total. The Hall–Kier alpha value is -0.0800. The van der Waals surface area contributed by atoms with Crippen molar-refractivity contribution in [3.8, 4) is 0 Å². The van der Waals surface area contributed by atoms with Gasteiger partial charge in [0, 0.05) is 0 Å². The van der Waals surface area contributed by atoms with Gasteiger partial charge in [0.1, 0.15) is 0 Å². The van der Waals surface area contributed by atoms with Crippen molar-refractivity contribution < 1.29 is 9.59 Å². The van der Waals surface area contributed by atoms with Crippen LogP contribution in [0.25, 0.3) is 0 Å². The Bertz CT molecular complexity index is 193. The van der Waals surface area contributed by atoms with E-state index in [0.29, 0.717) is 0 Å². The number of hydrogen-bond acceptors (Lipinski definition) is 1. The van der Waals surface area contributed by atoms with Crippen molar-refractivity contribution in [3.63, 3.8) is 0 Å². The minimum Gasteiger partial charge on any atom is -0.857 e. The van der Waals surface area contributed by atoms with Crippen molar-refractivity contribution in [1.29, 1.82) is 0 Å². The second-order valence-electron chi connectivity index (χ2n) is 8.97. The largest absolute Gasteiger partial charge is 0.857 e. The van der Waals surface area contributed by atoms with Gasteiger partial charge >= 0.3 is 0 Å². The van der Waals surface area contributed by atoms with E-state index in [0.717, 1.165) is 30.8 Å². The molecular weight excluding hydrogens is 282 g/mol. The Morgan fingerprint density at radius 3 is 0.783 bits per heavy atom. The van der Waals surface area contributed by atoms with Crippen LogP contribution in [0.5, 0.6) is 0 Å². The van der Waals surface area contributed by atoms with Gasteiger partial charge in [-0.2, -0.15) is 7.11 Å². The minimum absolute atomic E-state index is 0.750. The van der Waals surface area contributed by atoms with E-state index < -0.39 is 0 Å². The minimum atomic E-state index is 0.750. The Balaban J connectivity index is 0. The van der Waals surface area contributed by atoms with E-state index in [4.69, 9.17) is 5.11 Å². The zero-order valence-electron chi connectivity index (χ0n) is 17.8. The molecule has 0 N–H and O–H groups in total. The number of quaternary nitrogens is 1. The van der Waals surface area contributed by atoms with Crippen LogP contribution in [0.2, 0.25) is 0 Å². The van der Waals surface area contributed by atoms with Gasteiger partial charge in [-0.1, -0.05) is 55.4 Å². The average Bonchev–Trinajstić information content (AvgIpc) is 2.47. The summed E-state index contributed by atoms with van der Waals surface area (Å²) in [5, 5.41) is 8.25. The SMILES string of the molecule is CC(C)CC[N+](CCC(C)C)(CCC(C)C)CCC(C)C.C[O-]. The van der Waals surface area contributed by atoms with E-state index in [1.54, 1.807) is 0 Å². The van der Waals surface area contributed by atoms with Gasteiger partial charge in [0.2, 0.25) is 0 Å². The van der Waals surface area contributed by atoms with Gasteiger partial charge in [-0.3, -0.25) is 0 Å². The fraction of sp³-hybridized carbons (Fsp3) is 1.00. The molecule has 0 saturated heterocycles. The van der Waals surface area contributed by atoms with E-state index in [2.05, 4.69) is 55.4 Å². The number of rotatable bonds is 12. The lowest BCUT2D eigenvalue weighted by Crippen LogP contribution is -2.52. The molecule has 0 heterocycles. The molecule has 0 rings (SSSR count). The molecule has 142 valence electrons. The van der Waals surface area contributed by atoms with E-state index >= 15 is 0 Å². The normalized spacial score (nSPS) is 12.3. The molecule has 0 aliphatic heterocycles. The summed E-state index contributed by atoms with van der Waals surface area (Å²) in [6, 6.07) is 0. The topological polar surface area (TPSA) is 23.1 Å². The smallest absolute Gasteiger partial charge is 0.0789 e. The molecule has 2 heteroatoms. The van der Waals surface area contributed by atoms with E-state index in [1.165, 1.54) is 56.3 Å². The van der Waals surface area contributed by atoms with Crippen molar-refractivity contribution in [2.75, 3.05) is 33.3 Å². The molecule has 0 fully saturated rings. The highest BCUT2D eigenvalue weighted by Crippen LogP contribution is 2.21.